The van der Waals surface area contributed by atoms with Crippen molar-refractivity contribution in [3.8, 4) is 0 Å². The van der Waals surface area contributed by atoms with Gasteiger partial charge in [-0.05, 0) is 37.1 Å². The molecule has 4 rings (SSSR count). The van der Waals surface area contributed by atoms with Crippen LogP contribution < -0.4 is 5.32 Å². The zero-order chi connectivity index (χ0) is 20.8. The van der Waals surface area contributed by atoms with Crippen molar-refractivity contribution in [1.29, 1.82) is 0 Å². The Hall–Kier alpha value is -2.64. The molecule has 0 radical (unpaired) electrons. The Kier molecular flexibility index (Phi) is 6.81. The standard InChI is InChI=1S/C23H23N3O2S2/c27-22(17-6-2-1-3-7-17)25-18-10-12-26(13-11-18)23(28)20-8-4-5-9-21(20)30-15-19-14-29-16-24-19/h1-9,14,16,18H,10-13,15H2,(H,25,27). The number of piperidine rings is 1. The molecule has 0 aliphatic carbocycles. The van der Waals surface area contributed by atoms with Gasteiger partial charge in [0.05, 0.1) is 16.8 Å². The molecule has 1 N–H and O–H groups in total. The molecule has 1 aromatic heterocycles. The molecule has 2 amide bonds. The first-order valence-corrected chi connectivity index (χ1v) is 11.9. The summed E-state index contributed by atoms with van der Waals surface area (Å²) in [7, 11) is 0. The molecule has 1 fully saturated rings. The third kappa shape index (κ3) is 5.09. The van der Waals surface area contributed by atoms with Crippen LogP contribution in [0.2, 0.25) is 0 Å². The summed E-state index contributed by atoms with van der Waals surface area (Å²) >= 11 is 3.22. The van der Waals surface area contributed by atoms with E-state index in [-0.39, 0.29) is 17.9 Å². The van der Waals surface area contributed by atoms with Gasteiger partial charge in [-0.3, -0.25) is 9.59 Å². The van der Waals surface area contributed by atoms with Gasteiger partial charge in [0.25, 0.3) is 11.8 Å². The molecular formula is C23H23N3O2S2. The Morgan fingerprint density at radius 3 is 2.53 bits per heavy atom. The van der Waals surface area contributed by atoms with Crippen molar-refractivity contribution in [2.24, 2.45) is 0 Å². The molecule has 2 aromatic carbocycles. The number of aromatic nitrogens is 1. The first kappa shape index (κ1) is 20.6. The lowest BCUT2D eigenvalue weighted by Crippen LogP contribution is -2.46. The number of carbonyl (C=O) groups excluding carboxylic acids is 2. The third-order valence-corrected chi connectivity index (χ3v) is 6.87. The molecule has 0 unspecified atom stereocenters. The number of nitrogens with zero attached hydrogens (tertiary/aromatic N) is 2. The first-order valence-electron chi connectivity index (χ1n) is 9.95. The number of amides is 2. The second-order valence-electron chi connectivity index (χ2n) is 7.17. The third-order valence-electron chi connectivity index (χ3n) is 5.13. The molecule has 3 aromatic rings. The van der Waals surface area contributed by atoms with Crippen molar-refractivity contribution in [1.82, 2.24) is 15.2 Å². The maximum atomic E-state index is 13.1. The summed E-state index contributed by atoms with van der Waals surface area (Å²) in [6.45, 7) is 1.29. The number of nitrogens with one attached hydrogen (secondary N) is 1. The molecule has 1 aliphatic heterocycles. The Balaban J connectivity index is 1.34. The second kappa shape index (κ2) is 9.91. The van der Waals surface area contributed by atoms with Crippen LogP contribution in [0.5, 0.6) is 0 Å². The maximum Gasteiger partial charge on any atom is 0.254 e. The van der Waals surface area contributed by atoms with Crippen LogP contribution in [-0.4, -0.2) is 40.8 Å². The van der Waals surface area contributed by atoms with Crippen molar-refractivity contribution >= 4 is 34.9 Å². The Morgan fingerprint density at radius 1 is 1.07 bits per heavy atom. The molecule has 0 bridgehead atoms. The predicted octanol–water partition coefficient (Wildman–Crippen LogP) is 4.47. The molecule has 30 heavy (non-hydrogen) atoms. The smallest absolute Gasteiger partial charge is 0.254 e. The zero-order valence-corrected chi connectivity index (χ0v) is 18.1. The predicted molar refractivity (Wildman–Crippen MR) is 121 cm³/mol. The van der Waals surface area contributed by atoms with Crippen LogP contribution in [0.15, 0.2) is 70.4 Å². The lowest BCUT2D eigenvalue weighted by Gasteiger charge is -2.32. The van der Waals surface area contributed by atoms with E-state index in [0.717, 1.165) is 34.7 Å². The molecule has 0 spiro atoms. The highest BCUT2D eigenvalue weighted by Crippen LogP contribution is 2.28. The fraction of sp³-hybridized carbons (Fsp3) is 0.261. The highest BCUT2D eigenvalue weighted by Gasteiger charge is 2.26. The SMILES string of the molecule is O=C(NC1CCN(C(=O)c2ccccc2SCc2cscn2)CC1)c1ccccc1. The van der Waals surface area contributed by atoms with E-state index < -0.39 is 0 Å². The van der Waals surface area contributed by atoms with Crippen LogP contribution in [0.3, 0.4) is 0 Å². The Morgan fingerprint density at radius 2 is 1.80 bits per heavy atom. The van der Waals surface area contributed by atoms with E-state index in [9.17, 15) is 9.59 Å². The van der Waals surface area contributed by atoms with Gasteiger partial charge in [0.15, 0.2) is 0 Å². The minimum atomic E-state index is -0.0517. The van der Waals surface area contributed by atoms with Gasteiger partial charge in [-0.25, -0.2) is 4.98 Å². The normalized spacial score (nSPS) is 14.5. The van der Waals surface area contributed by atoms with Gasteiger partial charge in [0, 0.05) is 40.7 Å². The van der Waals surface area contributed by atoms with Gasteiger partial charge < -0.3 is 10.2 Å². The average molecular weight is 438 g/mol. The summed E-state index contributed by atoms with van der Waals surface area (Å²) in [5.74, 6) is 0.759. The summed E-state index contributed by atoms with van der Waals surface area (Å²) < 4.78 is 0. The molecule has 0 atom stereocenters. The largest absolute Gasteiger partial charge is 0.349 e. The number of thiazole rings is 1. The number of carbonyl (C=O) groups is 2. The quantitative estimate of drug-likeness (QED) is 0.578. The van der Waals surface area contributed by atoms with E-state index in [2.05, 4.69) is 10.3 Å². The summed E-state index contributed by atoms with van der Waals surface area (Å²) in [5, 5.41) is 5.13. The van der Waals surface area contributed by atoms with Gasteiger partial charge in [-0.15, -0.1) is 23.1 Å². The highest BCUT2D eigenvalue weighted by molar-refractivity contribution is 7.98. The van der Waals surface area contributed by atoms with Crippen molar-refractivity contribution in [3.05, 3.63) is 82.3 Å². The van der Waals surface area contributed by atoms with E-state index in [1.807, 2.05) is 70.4 Å². The van der Waals surface area contributed by atoms with Crippen LogP contribution in [0.25, 0.3) is 0 Å². The topological polar surface area (TPSA) is 62.3 Å². The number of thioether (sulfide) groups is 1. The van der Waals surface area contributed by atoms with Crippen LogP contribution in [-0.2, 0) is 5.75 Å². The van der Waals surface area contributed by atoms with Crippen molar-refractivity contribution in [3.63, 3.8) is 0 Å². The molecule has 1 aliphatic rings. The number of rotatable bonds is 6. The van der Waals surface area contributed by atoms with Gasteiger partial charge in [0.2, 0.25) is 0 Å². The second-order valence-corrected chi connectivity index (χ2v) is 8.91. The van der Waals surface area contributed by atoms with E-state index in [0.29, 0.717) is 18.7 Å². The molecule has 2 heterocycles. The fourth-order valence-corrected chi connectivity index (χ4v) is 5.10. The highest BCUT2D eigenvalue weighted by atomic mass is 32.2. The molecule has 7 heteroatoms. The Labute approximate surface area is 184 Å². The van der Waals surface area contributed by atoms with Gasteiger partial charge in [0.1, 0.15) is 0 Å². The monoisotopic (exact) mass is 437 g/mol. The number of hydrogen-bond donors (Lipinski definition) is 1. The van der Waals surface area contributed by atoms with E-state index in [4.69, 9.17) is 0 Å². The maximum absolute atomic E-state index is 13.1. The number of likely N-dealkylation sites (tertiary alicyclic amines) is 1. The van der Waals surface area contributed by atoms with Crippen LogP contribution in [0, 0.1) is 0 Å². The lowest BCUT2D eigenvalue weighted by atomic mass is 10.0. The van der Waals surface area contributed by atoms with E-state index >= 15 is 0 Å². The van der Waals surface area contributed by atoms with Crippen molar-refractivity contribution < 1.29 is 9.59 Å². The number of benzene rings is 2. The molecule has 1 saturated heterocycles. The summed E-state index contributed by atoms with van der Waals surface area (Å²) in [6, 6.07) is 17.1. The summed E-state index contributed by atoms with van der Waals surface area (Å²) in [4.78, 5) is 32.7. The van der Waals surface area contributed by atoms with Crippen molar-refractivity contribution in [2.75, 3.05) is 13.1 Å². The molecule has 154 valence electrons. The van der Waals surface area contributed by atoms with Crippen LogP contribution in [0.4, 0.5) is 0 Å². The van der Waals surface area contributed by atoms with Crippen molar-refractivity contribution in [2.45, 2.75) is 29.5 Å². The first-order chi connectivity index (χ1) is 14.7. The fourth-order valence-electron chi connectivity index (χ4n) is 3.49. The minimum Gasteiger partial charge on any atom is -0.349 e. The molecule has 5 nitrogen and oxygen atoms in total. The van der Waals surface area contributed by atoms with Crippen LogP contribution in [0.1, 0.15) is 39.3 Å². The van der Waals surface area contributed by atoms with Crippen LogP contribution >= 0.6 is 23.1 Å². The van der Waals surface area contributed by atoms with Gasteiger partial charge in [-0.1, -0.05) is 30.3 Å². The van der Waals surface area contributed by atoms with E-state index in [1.165, 1.54) is 0 Å². The van der Waals surface area contributed by atoms with E-state index in [1.54, 1.807) is 23.1 Å². The average Bonchev–Trinajstić information content (AvgIpc) is 3.32. The van der Waals surface area contributed by atoms with Gasteiger partial charge >= 0.3 is 0 Å². The summed E-state index contributed by atoms with van der Waals surface area (Å²) in [6.07, 6.45) is 1.52. The summed E-state index contributed by atoms with van der Waals surface area (Å²) in [5.41, 5.74) is 4.27. The molecular weight excluding hydrogens is 414 g/mol. The Bertz CT molecular complexity index is 985. The zero-order valence-electron chi connectivity index (χ0n) is 16.5. The minimum absolute atomic E-state index is 0.0517. The molecule has 0 saturated carbocycles. The lowest BCUT2D eigenvalue weighted by molar-refractivity contribution is 0.0694. The number of hydrogen-bond acceptors (Lipinski definition) is 5. The van der Waals surface area contributed by atoms with Gasteiger partial charge in [-0.2, -0.15) is 0 Å².